The average Bonchev–Trinajstić information content (AvgIpc) is 2.90. The minimum Gasteiger partial charge on any atom is -0.497 e. The molecule has 0 unspecified atom stereocenters. The minimum atomic E-state index is -0.612. The normalized spacial score (nSPS) is 13.2. The maximum absolute atomic E-state index is 13.4. The van der Waals surface area contributed by atoms with Gasteiger partial charge in [0.05, 0.1) is 18.8 Å². The Labute approximate surface area is 225 Å². The van der Waals surface area contributed by atoms with Crippen LogP contribution < -0.4 is 20.3 Å². The number of Topliss-reactive ketones (excluding diaryl/α,β-unsaturated/α-hetero) is 1. The molecule has 3 heterocycles. The summed E-state index contributed by atoms with van der Waals surface area (Å²) in [4.78, 5) is 47.9. The lowest BCUT2D eigenvalue weighted by atomic mass is 9.91. The third-order valence-corrected chi connectivity index (χ3v) is 6.51. The molecule has 1 N–H and O–H groups in total. The number of ketones is 1. The first-order valence-electron chi connectivity index (χ1n) is 12.8. The van der Waals surface area contributed by atoms with Crippen LogP contribution in [0.2, 0.25) is 0 Å². The number of anilines is 1. The van der Waals surface area contributed by atoms with Crippen molar-refractivity contribution in [1.82, 2.24) is 14.5 Å². The van der Waals surface area contributed by atoms with Gasteiger partial charge in [0.1, 0.15) is 28.6 Å². The Morgan fingerprint density at radius 3 is 2.54 bits per heavy atom. The van der Waals surface area contributed by atoms with E-state index >= 15 is 0 Å². The SMILES string of the molecule is COc1ccc2c(Oc3ccc(NC(=O)c4cc5c(n(CC(C)(C)C)c4=O)CCCC5=O)nc3)ccnc2c1. The molecule has 1 aliphatic carbocycles. The second-order valence-corrected chi connectivity index (χ2v) is 10.8. The Morgan fingerprint density at radius 2 is 1.82 bits per heavy atom. The van der Waals surface area contributed by atoms with Crippen LogP contribution in [0.15, 0.2) is 59.7 Å². The maximum Gasteiger partial charge on any atom is 0.263 e. The number of pyridine rings is 3. The van der Waals surface area contributed by atoms with Gasteiger partial charge in [0.15, 0.2) is 5.78 Å². The molecule has 0 radical (unpaired) electrons. The second kappa shape index (κ2) is 10.3. The number of hydrogen-bond donors (Lipinski definition) is 1. The molecular weight excluding hydrogens is 496 g/mol. The lowest BCUT2D eigenvalue weighted by molar-refractivity contribution is 0.0969. The van der Waals surface area contributed by atoms with Crippen molar-refractivity contribution in [3.8, 4) is 17.2 Å². The molecule has 1 aliphatic rings. The van der Waals surface area contributed by atoms with Gasteiger partial charge in [0, 0.05) is 41.9 Å². The standard InChI is InChI=1S/C30H30N4O5/c1-30(2,3)17-34-24-6-5-7-25(35)21(24)15-22(29(34)37)28(36)33-27-11-9-19(16-32-27)39-26-12-13-31-23-14-18(38-4)8-10-20(23)26/h8-16H,5-7,17H2,1-4H3,(H,32,33,36). The van der Waals surface area contributed by atoms with Crippen molar-refractivity contribution in [2.75, 3.05) is 12.4 Å². The molecule has 5 rings (SSSR count). The van der Waals surface area contributed by atoms with E-state index in [1.807, 2.05) is 39.0 Å². The monoisotopic (exact) mass is 526 g/mol. The lowest BCUT2D eigenvalue weighted by Gasteiger charge is -2.26. The number of ether oxygens (including phenoxy) is 2. The van der Waals surface area contributed by atoms with E-state index in [4.69, 9.17) is 9.47 Å². The van der Waals surface area contributed by atoms with Crippen molar-refractivity contribution < 1.29 is 19.1 Å². The van der Waals surface area contributed by atoms with Gasteiger partial charge in [0.25, 0.3) is 11.5 Å². The fourth-order valence-corrected chi connectivity index (χ4v) is 4.71. The van der Waals surface area contributed by atoms with Gasteiger partial charge in [-0.25, -0.2) is 4.98 Å². The van der Waals surface area contributed by atoms with Gasteiger partial charge in [-0.1, -0.05) is 20.8 Å². The highest BCUT2D eigenvalue weighted by Crippen LogP contribution is 2.31. The van der Waals surface area contributed by atoms with Crippen LogP contribution in [0.1, 0.15) is 60.0 Å². The van der Waals surface area contributed by atoms with Gasteiger partial charge in [-0.3, -0.25) is 19.4 Å². The molecule has 3 aromatic heterocycles. The number of hydrogen-bond acceptors (Lipinski definition) is 7. The van der Waals surface area contributed by atoms with Crippen LogP contribution in [-0.2, 0) is 13.0 Å². The zero-order chi connectivity index (χ0) is 27.7. The molecule has 0 saturated heterocycles. The first kappa shape index (κ1) is 26.1. The van der Waals surface area contributed by atoms with Gasteiger partial charge in [-0.2, -0.15) is 0 Å². The summed E-state index contributed by atoms with van der Waals surface area (Å²) in [5.74, 6) is 1.35. The summed E-state index contributed by atoms with van der Waals surface area (Å²) in [6.45, 7) is 6.45. The molecule has 9 nitrogen and oxygen atoms in total. The summed E-state index contributed by atoms with van der Waals surface area (Å²) < 4.78 is 12.9. The lowest BCUT2D eigenvalue weighted by Crippen LogP contribution is -2.37. The maximum atomic E-state index is 13.4. The number of carbonyl (C=O) groups is 2. The Kier molecular flexibility index (Phi) is 6.91. The number of rotatable bonds is 6. The fourth-order valence-electron chi connectivity index (χ4n) is 4.71. The second-order valence-electron chi connectivity index (χ2n) is 10.8. The van der Waals surface area contributed by atoms with E-state index in [0.717, 1.165) is 10.9 Å². The first-order chi connectivity index (χ1) is 18.6. The fraction of sp³-hybridized carbons (Fsp3) is 0.300. The van der Waals surface area contributed by atoms with Crippen LogP contribution in [0, 0.1) is 5.41 Å². The van der Waals surface area contributed by atoms with Crippen LogP contribution in [0.5, 0.6) is 17.2 Å². The minimum absolute atomic E-state index is 0.0466. The van der Waals surface area contributed by atoms with Crippen molar-refractivity contribution in [1.29, 1.82) is 0 Å². The number of fused-ring (bicyclic) bond motifs is 2. The highest BCUT2D eigenvalue weighted by atomic mass is 16.5. The number of benzene rings is 1. The zero-order valence-corrected chi connectivity index (χ0v) is 22.4. The topological polar surface area (TPSA) is 112 Å². The number of nitrogens with zero attached hydrogens (tertiary/aromatic N) is 3. The summed E-state index contributed by atoms with van der Waals surface area (Å²) >= 11 is 0. The summed E-state index contributed by atoms with van der Waals surface area (Å²) in [7, 11) is 1.60. The smallest absolute Gasteiger partial charge is 0.263 e. The molecule has 0 saturated carbocycles. The van der Waals surface area contributed by atoms with E-state index in [0.29, 0.717) is 54.3 Å². The van der Waals surface area contributed by atoms with E-state index in [2.05, 4.69) is 15.3 Å². The Morgan fingerprint density at radius 1 is 1.03 bits per heavy atom. The molecule has 0 spiro atoms. The highest BCUT2D eigenvalue weighted by molar-refractivity contribution is 6.06. The zero-order valence-electron chi connectivity index (χ0n) is 22.4. The molecule has 0 fully saturated rings. The van der Waals surface area contributed by atoms with Crippen LogP contribution in [0.25, 0.3) is 10.9 Å². The molecule has 9 heteroatoms. The molecule has 0 aliphatic heterocycles. The largest absolute Gasteiger partial charge is 0.497 e. The highest BCUT2D eigenvalue weighted by Gasteiger charge is 2.27. The molecule has 1 aromatic carbocycles. The molecular formula is C30H30N4O5. The van der Waals surface area contributed by atoms with Gasteiger partial charge < -0.3 is 19.4 Å². The van der Waals surface area contributed by atoms with Gasteiger partial charge in [-0.05, 0) is 54.7 Å². The Bertz CT molecular complexity index is 1630. The van der Waals surface area contributed by atoms with Gasteiger partial charge in [0.2, 0.25) is 0 Å². The van der Waals surface area contributed by atoms with Crippen molar-refractivity contribution in [3.05, 3.63) is 82.0 Å². The van der Waals surface area contributed by atoms with Crippen molar-refractivity contribution in [2.24, 2.45) is 5.41 Å². The summed E-state index contributed by atoms with van der Waals surface area (Å²) in [5.41, 5.74) is 1.20. The van der Waals surface area contributed by atoms with Crippen LogP contribution >= 0.6 is 0 Å². The number of amides is 1. The van der Waals surface area contributed by atoms with E-state index < -0.39 is 11.5 Å². The van der Waals surface area contributed by atoms with E-state index in [9.17, 15) is 14.4 Å². The molecule has 39 heavy (non-hydrogen) atoms. The molecule has 1 amide bonds. The molecule has 4 aromatic rings. The molecule has 0 atom stereocenters. The number of nitrogens with one attached hydrogen (secondary N) is 1. The predicted molar refractivity (Wildman–Crippen MR) is 148 cm³/mol. The van der Waals surface area contributed by atoms with Crippen molar-refractivity contribution in [2.45, 2.75) is 46.6 Å². The molecule has 0 bridgehead atoms. The third-order valence-electron chi connectivity index (χ3n) is 6.51. The Balaban J connectivity index is 1.38. The van der Waals surface area contributed by atoms with E-state index in [1.54, 1.807) is 36.1 Å². The summed E-state index contributed by atoms with van der Waals surface area (Å²) in [6.07, 6.45) is 4.88. The molecule has 200 valence electrons. The van der Waals surface area contributed by atoms with Crippen molar-refractivity contribution in [3.63, 3.8) is 0 Å². The quantitative estimate of drug-likeness (QED) is 0.357. The van der Waals surface area contributed by atoms with Crippen LogP contribution in [0.3, 0.4) is 0 Å². The van der Waals surface area contributed by atoms with Crippen LogP contribution in [0.4, 0.5) is 5.82 Å². The average molecular weight is 527 g/mol. The van der Waals surface area contributed by atoms with E-state index in [1.165, 1.54) is 12.3 Å². The summed E-state index contributed by atoms with van der Waals surface area (Å²) in [5, 5.41) is 3.50. The van der Waals surface area contributed by atoms with Crippen molar-refractivity contribution >= 4 is 28.4 Å². The van der Waals surface area contributed by atoms with E-state index in [-0.39, 0.29) is 22.6 Å². The summed E-state index contributed by atoms with van der Waals surface area (Å²) in [6, 6.07) is 12.0. The number of methoxy groups -OCH3 is 1. The van der Waals surface area contributed by atoms with Crippen LogP contribution in [-0.4, -0.2) is 33.3 Å². The van der Waals surface area contributed by atoms with Gasteiger partial charge >= 0.3 is 0 Å². The Hall–Kier alpha value is -4.53. The third kappa shape index (κ3) is 5.52. The number of carbonyl (C=O) groups excluding carboxylic acids is 2. The predicted octanol–water partition coefficient (Wildman–Crippen LogP) is 5.41. The first-order valence-corrected chi connectivity index (χ1v) is 12.8. The van der Waals surface area contributed by atoms with Gasteiger partial charge in [-0.15, -0.1) is 0 Å². The number of aromatic nitrogens is 3.